The molecular formula is C16H13N3. The Balaban J connectivity index is 2.08. The van der Waals surface area contributed by atoms with E-state index >= 15 is 0 Å². The van der Waals surface area contributed by atoms with Crippen molar-refractivity contribution in [3.05, 3.63) is 54.4 Å². The van der Waals surface area contributed by atoms with E-state index in [0.29, 0.717) is 0 Å². The highest BCUT2D eigenvalue weighted by atomic mass is 15.0. The van der Waals surface area contributed by atoms with Gasteiger partial charge in [-0.2, -0.15) is 5.26 Å². The molecule has 0 spiro atoms. The minimum atomic E-state index is 0.798. The van der Waals surface area contributed by atoms with Crippen LogP contribution in [0.4, 0.5) is 0 Å². The van der Waals surface area contributed by atoms with Crippen LogP contribution in [0, 0.1) is 11.3 Å². The molecule has 92 valence electrons. The Bertz CT molecular complexity index is 754. The lowest BCUT2D eigenvalue weighted by molar-refractivity contribution is 0.932. The van der Waals surface area contributed by atoms with E-state index in [0.717, 1.165) is 35.0 Å². The maximum Gasteiger partial charge on any atom is 0.144 e. The van der Waals surface area contributed by atoms with E-state index in [1.165, 1.54) is 5.70 Å². The Morgan fingerprint density at radius 1 is 1.37 bits per heavy atom. The Labute approximate surface area is 111 Å². The highest BCUT2D eigenvalue weighted by molar-refractivity contribution is 5.82. The van der Waals surface area contributed by atoms with Gasteiger partial charge in [0.15, 0.2) is 0 Å². The summed E-state index contributed by atoms with van der Waals surface area (Å²) in [5, 5.41) is 9.97. The average Bonchev–Trinajstić information content (AvgIpc) is 2.90. The number of hydrogen-bond donors (Lipinski definition) is 0. The molecule has 0 saturated heterocycles. The number of nitrogens with zero attached hydrogens (tertiary/aromatic N) is 3. The van der Waals surface area contributed by atoms with Gasteiger partial charge >= 0.3 is 0 Å². The van der Waals surface area contributed by atoms with E-state index in [2.05, 4.69) is 34.3 Å². The number of allylic oxidation sites excluding steroid dienone is 4. The minimum Gasteiger partial charge on any atom is -0.305 e. The molecule has 19 heavy (non-hydrogen) atoms. The summed E-state index contributed by atoms with van der Waals surface area (Å²) in [7, 11) is 0. The number of rotatable bonds is 2. The zero-order valence-electron chi connectivity index (χ0n) is 10.5. The maximum atomic E-state index is 8.86. The quantitative estimate of drug-likeness (QED) is 0.810. The molecule has 3 rings (SSSR count). The molecule has 3 heteroatoms. The predicted molar refractivity (Wildman–Crippen MR) is 77.0 cm³/mol. The lowest BCUT2D eigenvalue weighted by atomic mass is 10.0. The SMILES string of the molecule is C=Cc1cnc2c(ccn2C2=CC=C(C#N)CC2)c1. The summed E-state index contributed by atoms with van der Waals surface area (Å²) >= 11 is 0. The molecule has 0 bridgehead atoms. The molecule has 3 nitrogen and oxygen atoms in total. The molecular weight excluding hydrogens is 234 g/mol. The average molecular weight is 247 g/mol. The number of pyridine rings is 1. The van der Waals surface area contributed by atoms with Crippen LogP contribution in [0.25, 0.3) is 22.8 Å². The van der Waals surface area contributed by atoms with E-state index < -0.39 is 0 Å². The smallest absolute Gasteiger partial charge is 0.144 e. The summed E-state index contributed by atoms with van der Waals surface area (Å²) in [4.78, 5) is 4.49. The second-order valence-electron chi connectivity index (χ2n) is 4.53. The number of fused-ring (bicyclic) bond motifs is 1. The Hall–Kier alpha value is -2.60. The van der Waals surface area contributed by atoms with Gasteiger partial charge in [0.1, 0.15) is 5.65 Å². The zero-order valence-corrected chi connectivity index (χ0v) is 10.5. The molecule has 2 heterocycles. The summed E-state index contributed by atoms with van der Waals surface area (Å²) < 4.78 is 2.09. The molecule has 2 aromatic heterocycles. The van der Waals surface area contributed by atoms with Gasteiger partial charge in [-0.05, 0) is 42.7 Å². The van der Waals surface area contributed by atoms with Crippen LogP contribution < -0.4 is 0 Å². The van der Waals surface area contributed by atoms with Crippen LogP contribution in [0.15, 0.2) is 48.8 Å². The van der Waals surface area contributed by atoms with Crippen molar-refractivity contribution in [2.75, 3.05) is 0 Å². The fourth-order valence-corrected chi connectivity index (χ4v) is 2.30. The van der Waals surface area contributed by atoms with Crippen LogP contribution in [0.1, 0.15) is 18.4 Å². The number of aromatic nitrogens is 2. The fourth-order valence-electron chi connectivity index (χ4n) is 2.30. The Morgan fingerprint density at radius 2 is 2.26 bits per heavy atom. The van der Waals surface area contributed by atoms with Crippen LogP contribution in [-0.2, 0) is 0 Å². The summed E-state index contributed by atoms with van der Waals surface area (Å²) in [5.41, 5.74) is 3.98. The lowest BCUT2D eigenvalue weighted by Crippen LogP contribution is -2.00. The Morgan fingerprint density at radius 3 is 2.95 bits per heavy atom. The summed E-state index contributed by atoms with van der Waals surface area (Å²) in [6.45, 7) is 3.76. The van der Waals surface area contributed by atoms with Gasteiger partial charge in [-0.3, -0.25) is 0 Å². The van der Waals surface area contributed by atoms with Crippen molar-refractivity contribution in [2.24, 2.45) is 0 Å². The van der Waals surface area contributed by atoms with Crippen molar-refractivity contribution in [3.63, 3.8) is 0 Å². The van der Waals surface area contributed by atoms with Crippen molar-refractivity contribution in [3.8, 4) is 6.07 Å². The molecule has 2 aromatic rings. The topological polar surface area (TPSA) is 41.6 Å². The lowest BCUT2D eigenvalue weighted by Gasteiger charge is -2.13. The standard InChI is InChI=1S/C16H13N3/c1-2-12-9-14-7-8-19(16(14)18-11-12)15-5-3-13(10-17)4-6-15/h2-3,5,7-9,11H,1,4,6H2. The molecule has 0 amide bonds. The molecule has 0 aromatic carbocycles. The first kappa shape index (κ1) is 11.5. The van der Waals surface area contributed by atoms with Gasteiger partial charge in [0.05, 0.1) is 6.07 Å². The zero-order chi connectivity index (χ0) is 13.2. The van der Waals surface area contributed by atoms with Crippen LogP contribution in [0.2, 0.25) is 0 Å². The highest BCUT2D eigenvalue weighted by Crippen LogP contribution is 2.26. The first-order chi connectivity index (χ1) is 9.31. The van der Waals surface area contributed by atoms with Crippen molar-refractivity contribution in [1.82, 2.24) is 9.55 Å². The van der Waals surface area contributed by atoms with E-state index in [9.17, 15) is 0 Å². The van der Waals surface area contributed by atoms with E-state index in [-0.39, 0.29) is 0 Å². The normalized spacial score (nSPS) is 14.7. The van der Waals surface area contributed by atoms with Gasteiger partial charge in [-0.25, -0.2) is 4.98 Å². The third kappa shape index (κ3) is 1.98. The molecule has 0 unspecified atom stereocenters. The van der Waals surface area contributed by atoms with Crippen LogP contribution in [0.5, 0.6) is 0 Å². The summed E-state index contributed by atoms with van der Waals surface area (Å²) in [6.07, 6.45) is 11.2. The first-order valence-corrected chi connectivity index (χ1v) is 6.21. The second-order valence-corrected chi connectivity index (χ2v) is 4.53. The summed E-state index contributed by atoms with van der Waals surface area (Å²) in [5.74, 6) is 0. The van der Waals surface area contributed by atoms with Crippen molar-refractivity contribution in [2.45, 2.75) is 12.8 Å². The van der Waals surface area contributed by atoms with Gasteiger partial charge in [0.25, 0.3) is 0 Å². The molecule has 1 aliphatic rings. The molecule has 1 aliphatic carbocycles. The van der Waals surface area contributed by atoms with Gasteiger partial charge in [-0.15, -0.1) is 0 Å². The largest absolute Gasteiger partial charge is 0.305 e. The van der Waals surface area contributed by atoms with E-state index in [1.807, 2.05) is 24.5 Å². The monoisotopic (exact) mass is 247 g/mol. The molecule has 0 N–H and O–H groups in total. The van der Waals surface area contributed by atoms with Crippen molar-refractivity contribution >= 4 is 22.8 Å². The molecule has 0 radical (unpaired) electrons. The fraction of sp³-hybridized carbons (Fsp3) is 0.125. The van der Waals surface area contributed by atoms with Crippen LogP contribution in [-0.4, -0.2) is 9.55 Å². The highest BCUT2D eigenvalue weighted by Gasteiger charge is 2.10. The minimum absolute atomic E-state index is 0.798. The molecule has 0 fully saturated rings. The van der Waals surface area contributed by atoms with E-state index in [1.54, 1.807) is 6.08 Å². The van der Waals surface area contributed by atoms with Crippen LogP contribution >= 0.6 is 0 Å². The van der Waals surface area contributed by atoms with Gasteiger partial charge < -0.3 is 4.57 Å². The third-order valence-electron chi connectivity index (χ3n) is 3.36. The third-order valence-corrected chi connectivity index (χ3v) is 3.36. The number of hydrogen-bond acceptors (Lipinski definition) is 2. The van der Waals surface area contributed by atoms with Crippen molar-refractivity contribution in [1.29, 1.82) is 5.26 Å². The van der Waals surface area contributed by atoms with Crippen molar-refractivity contribution < 1.29 is 0 Å². The number of nitriles is 1. The maximum absolute atomic E-state index is 8.86. The first-order valence-electron chi connectivity index (χ1n) is 6.21. The molecule has 0 aliphatic heterocycles. The van der Waals surface area contributed by atoms with E-state index in [4.69, 9.17) is 5.26 Å². The van der Waals surface area contributed by atoms with Gasteiger partial charge in [0.2, 0.25) is 0 Å². The van der Waals surface area contributed by atoms with Gasteiger partial charge in [0, 0.05) is 29.1 Å². The predicted octanol–water partition coefficient (Wildman–Crippen LogP) is 3.76. The van der Waals surface area contributed by atoms with Crippen LogP contribution in [0.3, 0.4) is 0 Å². The second kappa shape index (κ2) is 4.58. The van der Waals surface area contributed by atoms with Gasteiger partial charge in [-0.1, -0.05) is 12.7 Å². The molecule has 0 atom stereocenters. The molecule has 0 saturated carbocycles. The summed E-state index contributed by atoms with van der Waals surface area (Å²) in [6, 6.07) is 6.33. The Kier molecular flexibility index (Phi) is 2.77.